The first-order valence-corrected chi connectivity index (χ1v) is 7.28. The summed E-state index contributed by atoms with van der Waals surface area (Å²) in [7, 11) is 3.13. The first-order chi connectivity index (χ1) is 9.33. The fourth-order valence-electron chi connectivity index (χ4n) is 2.54. The maximum absolute atomic E-state index is 10.2. The lowest BCUT2D eigenvalue weighted by Gasteiger charge is -2.28. The van der Waals surface area contributed by atoms with Crippen molar-refractivity contribution in [3.63, 3.8) is 0 Å². The Balaban J connectivity index is 3.02. The number of ether oxygens (including phenoxy) is 2. The molecule has 3 heteroatoms. The average Bonchev–Trinajstić information content (AvgIpc) is 2.37. The number of methoxy groups -OCH3 is 2. The number of phenolic OH excluding ortho intramolecular Hbond substituents is 1. The number of hydrogen-bond donors (Lipinski definition) is 1. The largest absolute Gasteiger partial charge is 0.502 e. The van der Waals surface area contributed by atoms with Gasteiger partial charge in [0.2, 0.25) is 5.75 Å². The molecule has 0 unspecified atom stereocenters. The highest BCUT2D eigenvalue weighted by molar-refractivity contribution is 5.56. The fourth-order valence-corrected chi connectivity index (χ4v) is 2.54. The van der Waals surface area contributed by atoms with Gasteiger partial charge in [-0.3, -0.25) is 0 Å². The van der Waals surface area contributed by atoms with E-state index in [2.05, 4.69) is 27.7 Å². The van der Waals surface area contributed by atoms with E-state index in [9.17, 15) is 5.11 Å². The van der Waals surface area contributed by atoms with Gasteiger partial charge >= 0.3 is 0 Å². The van der Waals surface area contributed by atoms with E-state index >= 15 is 0 Å². The van der Waals surface area contributed by atoms with Crippen LogP contribution in [0.1, 0.15) is 52.5 Å². The first kappa shape index (κ1) is 16.7. The van der Waals surface area contributed by atoms with Gasteiger partial charge in [-0.15, -0.1) is 0 Å². The molecule has 114 valence electrons. The molecule has 3 nitrogen and oxygen atoms in total. The highest BCUT2D eigenvalue weighted by Gasteiger charge is 2.27. The minimum absolute atomic E-state index is 0.0377. The minimum atomic E-state index is -0.0377. The lowest BCUT2D eigenvalue weighted by atomic mass is 9.79. The van der Waals surface area contributed by atoms with Crippen LogP contribution in [0.5, 0.6) is 17.2 Å². The Bertz CT molecular complexity index is 436. The van der Waals surface area contributed by atoms with Crippen molar-refractivity contribution in [2.75, 3.05) is 14.2 Å². The molecule has 1 rings (SSSR count). The lowest BCUT2D eigenvalue weighted by molar-refractivity contribution is 0.326. The monoisotopic (exact) mass is 280 g/mol. The van der Waals surface area contributed by atoms with Crippen molar-refractivity contribution in [1.29, 1.82) is 0 Å². The van der Waals surface area contributed by atoms with E-state index in [0.29, 0.717) is 11.5 Å². The molecular weight excluding hydrogens is 252 g/mol. The van der Waals surface area contributed by atoms with E-state index in [1.807, 2.05) is 6.07 Å². The summed E-state index contributed by atoms with van der Waals surface area (Å²) in [5, 5.41) is 10.2. The summed E-state index contributed by atoms with van der Waals surface area (Å²) in [5.74, 6) is 1.78. The van der Waals surface area contributed by atoms with E-state index in [0.717, 1.165) is 17.9 Å². The van der Waals surface area contributed by atoms with Gasteiger partial charge in [0.05, 0.1) is 14.2 Å². The van der Waals surface area contributed by atoms with Gasteiger partial charge in [-0.25, -0.2) is 0 Å². The van der Waals surface area contributed by atoms with Crippen LogP contribution in [0.2, 0.25) is 0 Å². The second-order valence-corrected chi connectivity index (χ2v) is 6.37. The zero-order chi connectivity index (χ0) is 15.3. The molecule has 0 atom stereocenters. The Morgan fingerprint density at radius 3 is 2.30 bits per heavy atom. The van der Waals surface area contributed by atoms with E-state index < -0.39 is 0 Å². The predicted molar refractivity (Wildman–Crippen MR) is 82.9 cm³/mol. The third-order valence-corrected chi connectivity index (χ3v) is 3.83. The second kappa shape index (κ2) is 6.87. The Morgan fingerprint density at radius 1 is 1.15 bits per heavy atom. The zero-order valence-corrected chi connectivity index (χ0v) is 13.6. The molecule has 20 heavy (non-hydrogen) atoms. The molecule has 0 radical (unpaired) electrons. The topological polar surface area (TPSA) is 38.7 Å². The predicted octanol–water partition coefficient (Wildman–Crippen LogP) is 4.51. The SMILES string of the molecule is COc1ccc(C(C)(C)CCCC(C)C)c(OC)c1O. The van der Waals surface area contributed by atoms with Crippen molar-refractivity contribution < 1.29 is 14.6 Å². The van der Waals surface area contributed by atoms with Gasteiger partial charge in [-0.2, -0.15) is 0 Å². The molecule has 0 spiro atoms. The molecular formula is C17H28O3. The van der Waals surface area contributed by atoms with Gasteiger partial charge in [0.15, 0.2) is 11.5 Å². The molecule has 0 amide bonds. The van der Waals surface area contributed by atoms with E-state index in [4.69, 9.17) is 9.47 Å². The molecule has 1 aromatic carbocycles. The minimum Gasteiger partial charge on any atom is -0.502 e. The third-order valence-electron chi connectivity index (χ3n) is 3.83. The number of phenols is 1. The van der Waals surface area contributed by atoms with Crippen molar-refractivity contribution in [3.8, 4) is 17.2 Å². The standard InChI is InChI=1S/C17H28O3/c1-12(2)8-7-11-17(3,4)13-9-10-14(19-5)15(18)16(13)20-6/h9-10,12,18H,7-8,11H2,1-6H3. The maximum atomic E-state index is 10.2. The van der Waals surface area contributed by atoms with Gasteiger partial charge in [-0.05, 0) is 23.8 Å². The van der Waals surface area contributed by atoms with Crippen molar-refractivity contribution >= 4 is 0 Å². The van der Waals surface area contributed by atoms with Crippen LogP contribution in [0.3, 0.4) is 0 Å². The van der Waals surface area contributed by atoms with Crippen LogP contribution in [-0.4, -0.2) is 19.3 Å². The van der Waals surface area contributed by atoms with Crippen molar-refractivity contribution in [2.24, 2.45) is 5.92 Å². The summed E-state index contributed by atoms with van der Waals surface area (Å²) >= 11 is 0. The summed E-state index contributed by atoms with van der Waals surface area (Å²) in [5.41, 5.74) is 0.992. The average molecular weight is 280 g/mol. The fraction of sp³-hybridized carbons (Fsp3) is 0.647. The van der Waals surface area contributed by atoms with Crippen LogP contribution < -0.4 is 9.47 Å². The number of benzene rings is 1. The third kappa shape index (κ3) is 3.81. The van der Waals surface area contributed by atoms with Gasteiger partial charge in [0.1, 0.15) is 0 Å². The van der Waals surface area contributed by atoms with Crippen molar-refractivity contribution in [2.45, 2.75) is 52.4 Å². The number of rotatable bonds is 7. The molecule has 1 N–H and O–H groups in total. The highest BCUT2D eigenvalue weighted by atomic mass is 16.5. The van der Waals surface area contributed by atoms with Crippen LogP contribution in [-0.2, 0) is 5.41 Å². The molecule has 0 aliphatic rings. The Hall–Kier alpha value is -1.38. The summed E-state index contributed by atoms with van der Waals surface area (Å²) in [6.45, 7) is 8.87. The van der Waals surface area contributed by atoms with Gasteiger partial charge in [0.25, 0.3) is 0 Å². The van der Waals surface area contributed by atoms with Crippen LogP contribution in [0.25, 0.3) is 0 Å². The molecule has 0 aliphatic heterocycles. The highest BCUT2D eigenvalue weighted by Crippen LogP contribution is 2.45. The molecule has 0 saturated heterocycles. The van der Waals surface area contributed by atoms with E-state index in [1.165, 1.54) is 12.8 Å². The van der Waals surface area contributed by atoms with E-state index in [1.54, 1.807) is 20.3 Å². The van der Waals surface area contributed by atoms with Crippen molar-refractivity contribution in [1.82, 2.24) is 0 Å². The number of hydrogen-bond acceptors (Lipinski definition) is 3. The summed E-state index contributed by atoms with van der Waals surface area (Å²) in [6.07, 6.45) is 3.45. The van der Waals surface area contributed by atoms with Gasteiger partial charge in [0, 0.05) is 5.56 Å². The molecule has 0 heterocycles. The molecule has 0 bridgehead atoms. The molecule has 0 saturated carbocycles. The molecule has 0 fully saturated rings. The Kier molecular flexibility index (Phi) is 5.73. The Labute approximate surface area is 122 Å². The zero-order valence-electron chi connectivity index (χ0n) is 13.6. The normalized spacial score (nSPS) is 11.8. The summed E-state index contributed by atoms with van der Waals surface area (Å²) in [4.78, 5) is 0. The Morgan fingerprint density at radius 2 is 1.80 bits per heavy atom. The lowest BCUT2D eigenvalue weighted by Crippen LogP contribution is -2.18. The van der Waals surface area contributed by atoms with Gasteiger partial charge in [-0.1, -0.05) is 46.6 Å². The first-order valence-electron chi connectivity index (χ1n) is 7.28. The number of aromatic hydroxyl groups is 1. The van der Waals surface area contributed by atoms with Crippen LogP contribution in [0.4, 0.5) is 0 Å². The smallest absolute Gasteiger partial charge is 0.201 e. The van der Waals surface area contributed by atoms with E-state index in [-0.39, 0.29) is 11.2 Å². The van der Waals surface area contributed by atoms with Crippen LogP contribution in [0.15, 0.2) is 12.1 Å². The molecule has 1 aromatic rings. The summed E-state index contributed by atoms with van der Waals surface area (Å²) < 4.78 is 10.5. The van der Waals surface area contributed by atoms with Gasteiger partial charge < -0.3 is 14.6 Å². The second-order valence-electron chi connectivity index (χ2n) is 6.37. The van der Waals surface area contributed by atoms with Crippen molar-refractivity contribution in [3.05, 3.63) is 17.7 Å². The van der Waals surface area contributed by atoms with Crippen LogP contribution in [0, 0.1) is 5.92 Å². The molecule has 0 aromatic heterocycles. The van der Waals surface area contributed by atoms with Crippen LogP contribution >= 0.6 is 0 Å². The molecule has 0 aliphatic carbocycles. The summed E-state index contributed by atoms with van der Waals surface area (Å²) in [6, 6.07) is 3.80. The quantitative estimate of drug-likeness (QED) is 0.798. The maximum Gasteiger partial charge on any atom is 0.201 e.